The lowest BCUT2D eigenvalue weighted by molar-refractivity contribution is -0.142. The number of nitrogens with zero attached hydrogens (tertiary/aromatic N) is 1. The number of urea groups is 1. The molecule has 3 N–H and O–H groups in total. The van der Waals surface area contributed by atoms with Gasteiger partial charge in [-0.25, -0.2) is 10.2 Å². The second-order valence-corrected chi connectivity index (χ2v) is 4.23. The Bertz CT molecular complexity index is 328. The number of unbranched alkanes of at least 4 members (excludes halogenated alkanes) is 1. The van der Waals surface area contributed by atoms with Crippen LogP contribution in [0.15, 0.2) is 5.10 Å². The number of carbonyl (C=O) groups excluding carboxylic acids is 2. The number of esters is 1. The van der Waals surface area contributed by atoms with Crippen LogP contribution in [0, 0.1) is 5.92 Å². The second-order valence-electron chi connectivity index (χ2n) is 4.23. The Kier molecular flexibility index (Phi) is 4.93. The largest absolute Gasteiger partial charge is 0.456 e. The average molecular weight is 241 g/mol. The molecule has 1 heterocycles. The second kappa shape index (κ2) is 6.22. The van der Waals surface area contributed by atoms with E-state index >= 15 is 0 Å². The SMILES string of the molecule is CCCC[C@H]1C[C@@H](/C(C)=N\NC(N)=O)OC1=O. The smallest absolute Gasteiger partial charge is 0.332 e. The molecule has 1 aliphatic rings. The fourth-order valence-electron chi connectivity index (χ4n) is 1.80. The van der Waals surface area contributed by atoms with Gasteiger partial charge in [-0.1, -0.05) is 19.8 Å². The Morgan fingerprint density at radius 2 is 2.35 bits per heavy atom. The number of rotatable bonds is 5. The Labute approximate surface area is 101 Å². The molecule has 0 radical (unpaired) electrons. The van der Waals surface area contributed by atoms with E-state index in [0.29, 0.717) is 12.1 Å². The summed E-state index contributed by atoms with van der Waals surface area (Å²) < 4.78 is 5.20. The molecule has 6 heteroatoms. The number of nitrogens with one attached hydrogen (secondary N) is 1. The molecule has 1 rings (SSSR count). The minimum Gasteiger partial charge on any atom is -0.456 e. The zero-order chi connectivity index (χ0) is 12.8. The van der Waals surface area contributed by atoms with Crippen LogP contribution in [0.4, 0.5) is 4.79 Å². The molecule has 0 spiro atoms. The van der Waals surface area contributed by atoms with Gasteiger partial charge in [0.1, 0.15) is 6.10 Å². The van der Waals surface area contributed by atoms with Crippen LogP contribution in [-0.4, -0.2) is 23.8 Å². The molecular weight excluding hydrogens is 222 g/mol. The summed E-state index contributed by atoms with van der Waals surface area (Å²) in [6.45, 7) is 3.79. The summed E-state index contributed by atoms with van der Waals surface area (Å²) in [6.07, 6.45) is 3.22. The molecule has 1 aliphatic heterocycles. The molecule has 96 valence electrons. The highest BCUT2D eigenvalue weighted by Crippen LogP contribution is 2.26. The predicted molar refractivity (Wildman–Crippen MR) is 63.3 cm³/mol. The van der Waals surface area contributed by atoms with Crippen LogP contribution in [0.1, 0.15) is 39.5 Å². The van der Waals surface area contributed by atoms with E-state index in [1.165, 1.54) is 0 Å². The molecule has 6 nitrogen and oxygen atoms in total. The van der Waals surface area contributed by atoms with E-state index in [1.54, 1.807) is 6.92 Å². The topological polar surface area (TPSA) is 93.8 Å². The molecule has 2 atom stereocenters. The lowest BCUT2D eigenvalue weighted by atomic mass is 9.97. The summed E-state index contributed by atoms with van der Waals surface area (Å²) in [5.41, 5.74) is 7.59. The molecule has 17 heavy (non-hydrogen) atoms. The van der Waals surface area contributed by atoms with Crippen molar-refractivity contribution in [1.82, 2.24) is 5.43 Å². The summed E-state index contributed by atoms with van der Waals surface area (Å²) >= 11 is 0. The predicted octanol–water partition coefficient (Wildman–Crippen LogP) is 1.15. The number of nitrogens with two attached hydrogens (primary N) is 1. The van der Waals surface area contributed by atoms with Crippen LogP contribution >= 0.6 is 0 Å². The van der Waals surface area contributed by atoms with Gasteiger partial charge in [-0.15, -0.1) is 0 Å². The summed E-state index contributed by atoms with van der Waals surface area (Å²) in [4.78, 5) is 22.0. The van der Waals surface area contributed by atoms with Gasteiger partial charge in [0, 0.05) is 6.42 Å². The van der Waals surface area contributed by atoms with Gasteiger partial charge in [0.15, 0.2) is 0 Å². The van der Waals surface area contributed by atoms with Gasteiger partial charge >= 0.3 is 12.0 Å². The summed E-state index contributed by atoms with van der Waals surface area (Å²) in [5.74, 6) is -0.212. The van der Waals surface area contributed by atoms with Gasteiger partial charge in [-0.2, -0.15) is 5.10 Å². The van der Waals surface area contributed by atoms with E-state index in [2.05, 4.69) is 17.5 Å². The molecule has 0 aromatic heterocycles. The van der Waals surface area contributed by atoms with E-state index in [9.17, 15) is 9.59 Å². The summed E-state index contributed by atoms with van der Waals surface area (Å²) in [5, 5.41) is 3.77. The lowest BCUT2D eigenvalue weighted by Gasteiger charge is -2.07. The van der Waals surface area contributed by atoms with Gasteiger partial charge in [0.05, 0.1) is 11.6 Å². The minimum absolute atomic E-state index is 0.0429. The molecule has 0 aliphatic carbocycles. The van der Waals surface area contributed by atoms with Crippen LogP contribution in [0.2, 0.25) is 0 Å². The maximum absolute atomic E-state index is 11.5. The van der Waals surface area contributed by atoms with Gasteiger partial charge in [0.2, 0.25) is 0 Å². The van der Waals surface area contributed by atoms with E-state index in [-0.39, 0.29) is 18.0 Å². The average Bonchev–Trinajstić information content (AvgIpc) is 2.65. The number of hydrazone groups is 1. The van der Waals surface area contributed by atoms with Crippen LogP contribution in [0.5, 0.6) is 0 Å². The van der Waals surface area contributed by atoms with Crippen molar-refractivity contribution >= 4 is 17.7 Å². The summed E-state index contributed by atoms with van der Waals surface area (Å²) in [7, 11) is 0. The van der Waals surface area contributed by atoms with Crippen molar-refractivity contribution in [3.05, 3.63) is 0 Å². The Balaban J connectivity index is 2.50. The Hall–Kier alpha value is -1.59. The third-order valence-corrected chi connectivity index (χ3v) is 2.80. The normalized spacial score (nSPS) is 24.6. The van der Waals surface area contributed by atoms with Crippen molar-refractivity contribution in [2.45, 2.75) is 45.6 Å². The zero-order valence-corrected chi connectivity index (χ0v) is 10.2. The van der Waals surface area contributed by atoms with Crippen molar-refractivity contribution in [3.8, 4) is 0 Å². The highest BCUT2D eigenvalue weighted by atomic mass is 16.6. The first-order chi connectivity index (χ1) is 8.04. The van der Waals surface area contributed by atoms with Crippen molar-refractivity contribution in [3.63, 3.8) is 0 Å². The highest BCUT2D eigenvalue weighted by Gasteiger charge is 2.35. The highest BCUT2D eigenvalue weighted by molar-refractivity contribution is 5.91. The van der Waals surface area contributed by atoms with E-state index < -0.39 is 6.03 Å². The maximum atomic E-state index is 11.5. The van der Waals surface area contributed by atoms with E-state index in [4.69, 9.17) is 10.5 Å². The van der Waals surface area contributed by atoms with Gasteiger partial charge in [0.25, 0.3) is 0 Å². The Morgan fingerprint density at radius 3 is 2.94 bits per heavy atom. The fraction of sp³-hybridized carbons (Fsp3) is 0.727. The lowest BCUT2D eigenvalue weighted by Crippen LogP contribution is -2.28. The van der Waals surface area contributed by atoms with E-state index in [0.717, 1.165) is 19.3 Å². The van der Waals surface area contributed by atoms with Crippen molar-refractivity contribution in [1.29, 1.82) is 0 Å². The number of hydrogen-bond acceptors (Lipinski definition) is 4. The van der Waals surface area contributed by atoms with Crippen LogP contribution in [0.25, 0.3) is 0 Å². The standard InChI is InChI=1S/C11H19N3O3/c1-3-4-5-8-6-9(17-10(8)15)7(2)13-14-11(12)16/h8-9H,3-6H2,1-2H3,(H3,12,14,16)/b13-7-/t8-,9-/m0/s1. The molecule has 0 aromatic rings. The zero-order valence-electron chi connectivity index (χ0n) is 10.2. The molecule has 1 fully saturated rings. The number of ether oxygens (including phenoxy) is 1. The fourth-order valence-corrected chi connectivity index (χ4v) is 1.80. The van der Waals surface area contributed by atoms with Crippen LogP contribution in [0.3, 0.4) is 0 Å². The van der Waals surface area contributed by atoms with Gasteiger partial charge < -0.3 is 10.5 Å². The molecular formula is C11H19N3O3. The molecule has 0 bridgehead atoms. The van der Waals surface area contributed by atoms with E-state index in [1.807, 2.05) is 0 Å². The molecule has 0 unspecified atom stereocenters. The third-order valence-electron chi connectivity index (χ3n) is 2.80. The first-order valence-corrected chi connectivity index (χ1v) is 5.84. The van der Waals surface area contributed by atoms with Gasteiger partial charge in [-0.05, 0) is 13.3 Å². The van der Waals surface area contributed by atoms with Crippen molar-refractivity contribution < 1.29 is 14.3 Å². The number of cyclic esters (lactones) is 1. The number of amides is 2. The molecule has 1 saturated heterocycles. The van der Waals surface area contributed by atoms with Crippen LogP contribution in [-0.2, 0) is 9.53 Å². The quantitative estimate of drug-likeness (QED) is 0.429. The molecule has 0 aromatic carbocycles. The number of primary amides is 1. The maximum Gasteiger partial charge on any atom is 0.332 e. The first kappa shape index (κ1) is 13.5. The third kappa shape index (κ3) is 4.05. The van der Waals surface area contributed by atoms with Crippen LogP contribution < -0.4 is 11.2 Å². The minimum atomic E-state index is -0.726. The van der Waals surface area contributed by atoms with Crippen molar-refractivity contribution in [2.75, 3.05) is 0 Å². The first-order valence-electron chi connectivity index (χ1n) is 5.84. The summed E-state index contributed by atoms with van der Waals surface area (Å²) in [6, 6.07) is -0.726. The molecule has 0 saturated carbocycles. The number of hydrogen-bond donors (Lipinski definition) is 2. The van der Waals surface area contributed by atoms with Crippen molar-refractivity contribution in [2.24, 2.45) is 16.8 Å². The van der Waals surface area contributed by atoms with Gasteiger partial charge in [-0.3, -0.25) is 4.79 Å². The molecule has 2 amide bonds. The monoisotopic (exact) mass is 241 g/mol. The Morgan fingerprint density at radius 1 is 1.65 bits per heavy atom. The number of carbonyl (C=O) groups is 2.